The molecule has 2 fully saturated rings. The third kappa shape index (κ3) is 4.73. The summed E-state index contributed by atoms with van der Waals surface area (Å²) in [5, 5.41) is 9.48. The monoisotopic (exact) mass is 500 g/mol. The van der Waals surface area contributed by atoms with E-state index in [9.17, 15) is 14.7 Å². The lowest BCUT2D eigenvalue weighted by Gasteiger charge is -2.51. The van der Waals surface area contributed by atoms with Crippen LogP contribution in [-0.4, -0.2) is 50.6 Å². The summed E-state index contributed by atoms with van der Waals surface area (Å²) >= 11 is 0. The molecule has 9 nitrogen and oxygen atoms in total. The van der Waals surface area contributed by atoms with E-state index in [4.69, 9.17) is 17.7 Å². The Balaban J connectivity index is 2.04. The first-order valence-corrected chi connectivity index (χ1v) is 15.9. The van der Waals surface area contributed by atoms with E-state index < -0.39 is 41.2 Å². The maximum atomic E-state index is 12.5. The Morgan fingerprint density at radius 2 is 1.58 bits per heavy atom. The van der Waals surface area contributed by atoms with Gasteiger partial charge in [-0.05, 0) is 22.2 Å². The summed E-state index contributed by atoms with van der Waals surface area (Å²) in [7, 11) is -5.43. The van der Waals surface area contributed by atoms with Crippen LogP contribution >= 0.6 is 0 Å². The van der Waals surface area contributed by atoms with Crippen molar-refractivity contribution in [3.63, 3.8) is 0 Å². The Hall–Kier alpha value is -1.09. The van der Waals surface area contributed by atoms with Gasteiger partial charge in [0.25, 0.3) is 5.56 Å². The second-order valence-electron chi connectivity index (χ2n) is 10.5. The number of hydrogen-bond donors (Lipinski definition) is 2. The standard InChI is InChI=1S/C22H40N2O7Si2/c1-13(2)32(14(3)4)28-12-19-18(30-33(31-32,15(5)6)16(7)8)9-20(29-19)24-10-17(11-25)21(26)23-22(24)27/h10,13-16,18-20,25H,9,11-12H2,1-8H3,(H,23,26,27)/t18-,19+,20+/m0/s1. The molecule has 0 spiro atoms. The molecule has 0 saturated carbocycles. The van der Waals surface area contributed by atoms with E-state index in [0.717, 1.165) is 0 Å². The highest BCUT2D eigenvalue weighted by Crippen LogP contribution is 2.48. The van der Waals surface area contributed by atoms with Crippen molar-refractivity contribution in [1.82, 2.24) is 9.55 Å². The second kappa shape index (κ2) is 9.88. The highest BCUT2D eigenvalue weighted by atomic mass is 28.5. The molecule has 0 aromatic carbocycles. The quantitative estimate of drug-likeness (QED) is 0.577. The van der Waals surface area contributed by atoms with Crippen LogP contribution in [0.1, 0.15) is 73.6 Å². The molecule has 2 saturated heterocycles. The van der Waals surface area contributed by atoms with Crippen LogP contribution in [0.3, 0.4) is 0 Å². The summed E-state index contributed by atoms with van der Waals surface area (Å²) in [5.74, 6) is 0. The number of hydrogen-bond acceptors (Lipinski definition) is 7. The number of aliphatic hydroxyl groups excluding tert-OH is 1. The summed E-state index contributed by atoms with van der Waals surface area (Å²) in [6.07, 6.45) is 0.522. The van der Waals surface area contributed by atoms with Crippen LogP contribution < -0.4 is 11.2 Å². The maximum absolute atomic E-state index is 12.5. The van der Waals surface area contributed by atoms with Crippen molar-refractivity contribution in [2.75, 3.05) is 6.61 Å². The Bertz CT molecular complexity index is 927. The molecule has 2 aliphatic heterocycles. The second-order valence-corrected chi connectivity index (χ2v) is 19.3. The first kappa shape index (κ1) is 26.5. The zero-order chi connectivity index (χ0) is 24.7. The van der Waals surface area contributed by atoms with E-state index in [-0.39, 0.29) is 39.9 Å². The SMILES string of the molecule is CC(C)[Si]1(C(C)C)OC[C@H]2O[C@@H](n3cc(CO)c(=O)[nH]c3=O)C[C@@H]2O[Si](C(C)C)(C(C)C)O1. The fourth-order valence-corrected chi connectivity index (χ4v) is 16.4. The number of ether oxygens (including phenoxy) is 1. The summed E-state index contributed by atoms with van der Waals surface area (Å²) in [4.78, 5) is 26.7. The van der Waals surface area contributed by atoms with Gasteiger partial charge >= 0.3 is 22.8 Å². The van der Waals surface area contributed by atoms with Gasteiger partial charge in [-0.2, -0.15) is 0 Å². The minimum atomic E-state index is -2.77. The van der Waals surface area contributed by atoms with E-state index in [2.05, 4.69) is 60.4 Å². The van der Waals surface area contributed by atoms with E-state index in [1.54, 1.807) is 0 Å². The van der Waals surface area contributed by atoms with Crippen LogP contribution in [0.5, 0.6) is 0 Å². The first-order valence-electron chi connectivity index (χ1n) is 12.0. The largest absolute Gasteiger partial charge is 0.414 e. The normalized spacial score (nSPS) is 27.2. The summed E-state index contributed by atoms with van der Waals surface area (Å²) in [6.45, 7) is 17.2. The Labute approximate surface area is 197 Å². The molecule has 11 heteroatoms. The molecule has 3 heterocycles. The predicted molar refractivity (Wildman–Crippen MR) is 130 cm³/mol. The number of aliphatic hydroxyl groups is 1. The topological polar surface area (TPSA) is 112 Å². The van der Waals surface area contributed by atoms with E-state index in [1.165, 1.54) is 10.8 Å². The number of H-pyrrole nitrogens is 1. The molecule has 0 aliphatic carbocycles. The van der Waals surface area contributed by atoms with Gasteiger partial charge in [0.05, 0.1) is 24.9 Å². The lowest BCUT2D eigenvalue weighted by atomic mass is 10.2. The summed E-state index contributed by atoms with van der Waals surface area (Å²) in [5.41, 5.74) is -0.201. The van der Waals surface area contributed by atoms with Crippen molar-refractivity contribution in [2.24, 2.45) is 0 Å². The number of fused-ring (bicyclic) bond motifs is 1. The third-order valence-electron chi connectivity index (χ3n) is 7.05. The number of aromatic nitrogens is 2. The molecular formula is C22H40N2O7Si2. The molecular weight excluding hydrogens is 460 g/mol. The van der Waals surface area contributed by atoms with Gasteiger partial charge in [0.2, 0.25) is 0 Å². The van der Waals surface area contributed by atoms with Crippen LogP contribution in [0.25, 0.3) is 0 Å². The Morgan fingerprint density at radius 1 is 1.00 bits per heavy atom. The fourth-order valence-electron chi connectivity index (χ4n) is 5.16. The smallest absolute Gasteiger partial charge is 0.335 e. The molecule has 0 radical (unpaired) electrons. The Morgan fingerprint density at radius 3 is 2.09 bits per heavy atom. The zero-order valence-corrected chi connectivity index (χ0v) is 23.1. The van der Waals surface area contributed by atoms with Crippen LogP contribution in [-0.2, 0) is 24.3 Å². The first-order chi connectivity index (χ1) is 15.4. The van der Waals surface area contributed by atoms with Gasteiger partial charge in [-0.25, -0.2) is 4.79 Å². The van der Waals surface area contributed by atoms with Crippen molar-refractivity contribution < 1.29 is 22.8 Å². The highest BCUT2D eigenvalue weighted by molar-refractivity contribution is 6.83. The van der Waals surface area contributed by atoms with Crippen LogP contribution in [0.2, 0.25) is 22.2 Å². The van der Waals surface area contributed by atoms with E-state index in [0.29, 0.717) is 13.0 Å². The van der Waals surface area contributed by atoms with Gasteiger partial charge < -0.3 is 22.8 Å². The average Bonchev–Trinajstić information content (AvgIpc) is 3.09. The molecule has 0 bridgehead atoms. The van der Waals surface area contributed by atoms with Crippen LogP contribution in [0, 0.1) is 0 Å². The molecule has 1 aromatic rings. The highest BCUT2D eigenvalue weighted by Gasteiger charge is 2.60. The minimum absolute atomic E-state index is 0.113. The Kier molecular flexibility index (Phi) is 7.94. The maximum Gasteiger partial charge on any atom is 0.335 e. The molecule has 0 amide bonds. The van der Waals surface area contributed by atoms with Gasteiger partial charge in [-0.1, -0.05) is 55.4 Å². The van der Waals surface area contributed by atoms with E-state index >= 15 is 0 Å². The molecule has 3 rings (SSSR count). The summed E-state index contributed by atoms with van der Waals surface area (Å²) < 4.78 is 28.5. The molecule has 2 N–H and O–H groups in total. The van der Waals surface area contributed by atoms with Crippen LogP contribution in [0.15, 0.2) is 15.8 Å². The average molecular weight is 501 g/mol. The number of nitrogens with one attached hydrogen (secondary N) is 1. The molecule has 3 atom stereocenters. The molecule has 1 aromatic heterocycles. The molecule has 33 heavy (non-hydrogen) atoms. The summed E-state index contributed by atoms with van der Waals surface area (Å²) in [6, 6.07) is 0. The van der Waals surface area contributed by atoms with E-state index in [1.807, 2.05) is 0 Å². The minimum Gasteiger partial charge on any atom is -0.414 e. The van der Waals surface area contributed by atoms with Crippen molar-refractivity contribution >= 4 is 17.1 Å². The van der Waals surface area contributed by atoms with Gasteiger partial charge in [-0.3, -0.25) is 14.3 Å². The van der Waals surface area contributed by atoms with Crippen molar-refractivity contribution in [3.05, 3.63) is 32.6 Å². The number of aromatic amines is 1. The van der Waals surface area contributed by atoms with Gasteiger partial charge in [0.1, 0.15) is 12.3 Å². The number of nitrogens with zero attached hydrogens (tertiary/aromatic N) is 1. The van der Waals surface area contributed by atoms with Gasteiger partial charge in [-0.15, -0.1) is 0 Å². The van der Waals surface area contributed by atoms with Crippen molar-refractivity contribution in [2.45, 2.75) is 109 Å². The fraction of sp³-hybridized carbons (Fsp3) is 0.818. The van der Waals surface area contributed by atoms with Gasteiger partial charge in [0.15, 0.2) is 0 Å². The molecule has 2 aliphatic rings. The van der Waals surface area contributed by atoms with Crippen molar-refractivity contribution in [3.8, 4) is 0 Å². The van der Waals surface area contributed by atoms with Crippen LogP contribution in [0.4, 0.5) is 0 Å². The third-order valence-corrected chi connectivity index (χ3v) is 17.3. The molecule has 188 valence electrons. The zero-order valence-electron chi connectivity index (χ0n) is 21.1. The van der Waals surface area contributed by atoms with Gasteiger partial charge in [0, 0.05) is 12.6 Å². The molecule has 0 unspecified atom stereocenters. The predicted octanol–water partition coefficient (Wildman–Crippen LogP) is 3.27. The lowest BCUT2D eigenvalue weighted by Crippen LogP contribution is -2.65. The van der Waals surface area contributed by atoms with Crippen molar-refractivity contribution in [1.29, 1.82) is 0 Å². The lowest BCUT2D eigenvalue weighted by molar-refractivity contribution is -0.0567. The number of rotatable bonds is 6.